The summed E-state index contributed by atoms with van der Waals surface area (Å²) in [7, 11) is 0. The molecule has 0 rings (SSSR count). The van der Waals surface area contributed by atoms with Gasteiger partial charge >= 0.3 is 0 Å². The van der Waals surface area contributed by atoms with E-state index in [1.807, 2.05) is 6.92 Å². The summed E-state index contributed by atoms with van der Waals surface area (Å²) in [4.78, 5) is 11.3. The number of hydrogen-bond donors (Lipinski definition) is 2. The first-order chi connectivity index (χ1) is 7.24. The third kappa shape index (κ3) is 8.39. The van der Waals surface area contributed by atoms with Gasteiger partial charge in [-0.2, -0.15) is 0 Å². The van der Waals surface area contributed by atoms with E-state index in [9.17, 15) is 4.79 Å². The largest absolute Gasteiger partial charge is 0.381 e. The van der Waals surface area contributed by atoms with Crippen LogP contribution < -0.4 is 11.1 Å². The van der Waals surface area contributed by atoms with Crippen LogP contribution in [0.4, 0.5) is 0 Å². The van der Waals surface area contributed by atoms with E-state index >= 15 is 0 Å². The van der Waals surface area contributed by atoms with Crippen LogP contribution in [0.3, 0.4) is 0 Å². The van der Waals surface area contributed by atoms with Gasteiger partial charge in [-0.1, -0.05) is 13.3 Å². The van der Waals surface area contributed by atoms with Crippen LogP contribution in [0.15, 0.2) is 0 Å². The van der Waals surface area contributed by atoms with Gasteiger partial charge in [0.1, 0.15) is 0 Å². The molecule has 0 saturated heterocycles. The van der Waals surface area contributed by atoms with Crippen LogP contribution in [0.1, 0.15) is 33.1 Å². The summed E-state index contributed by atoms with van der Waals surface area (Å²) >= 11 is 0. The molecule has 0 aromatic carbocycles. The summed E-state index contributed by atoms with van der Waals surface area (Å²) in [6.07, 6.45) is 2.48. The molecule has 90 valence electrons. The number of ether oxygens (including phenoxy) is 1. The molecule has 0 aromatic rings. The Bertz CT molecular complexity index is 163. The first-order valence-corrected chi connectivity index (χ1v) is 5.79. The predicted molar refractivity (Wildman–Crippen MR) is 61.6 cm³/mol. The van der Waals surface area contributed by atoms with Gasteiger partial charge in [0.05, 0.1) is 6.61 Å². The van der Waals surface area contributed by atoms with E-state index in [0.717, 1.165) is 19.4 Å². The summed E-state index contributed by atoms with van der Waals surface area (Å²) in [6.45, 7) is 6.64. The van der Waals surface area contributed by atoms with Crippen molar-refractivity contribution >= 4 is 5.91 Å². The molecule has 0 aliphatic heterocycles. The van der Waals surface area contributed by atoms with Crippen LogP contribution in [0.5, 0.6) is 0 Å². The van der Waals surface area contributed by atoms with Gasteiger partial charge in [-0.25, -0.2) is 0 Å². The Labute approximate surface area is 92.6 Å². The molecule has 0 bridgehead atoms. The van der Waals surface area contributed by atoms with Crippen LogP contribution in [0, 0.1) is 5.92 Å². The fourth-order valence-corrected chi connectivity index (χ4v) is 1.34. The number of nitrogens with two attached hydrogens (primary N) is 1. The van der Waals surface area contributed by atoms with Crippen molar-refractivity contribution in [3.05, 3.63) is 0 Å². The molecule has 0 saturated carbocycles. The maximum absolute atomic E-state index is 11.3. The third-order valence-electron chi connectivity index (χ3n) is 2.42. The molecule has 1 unspecified atom stereocenters. The molecule has 3 N–H and O–H groups in total. The monoisotopic (exact) mass is 216 g/mol. The second-order valence-electron chi connectivity index (χ2n) is 3.60. The number of carbonyl (C=O) groups is 1. The Morgan fingerprint density at radius 3 is 2.73 bits per heavy atom. The average molecular weight is 216 g/mol. The molecule has 0 radical (unpaired) electrons. The van der Waals surface area contributed by atoms with Gasteiger partial charge in [0.25, 0.3) is 0 Å². The molecule has 0 fully saturated rings. The summed E-state index contributed by atoms with van der Waals surface area (Å²) in [5, 5.41) is 2.90. The molecule has 4 nitrogen and oxygen atoms in total. The van der Waals surface area contributed by atoms with Crippen molar-refractivity contribution in [3.63, 3.8) is 0 Å². The van der Waals surface area contributed by atoms with E-state index in [4.69, 9.17) is 10.5 Å². The molecular weight excluding hydrogens is 192 g/mol. The number of hydrogen-bond acceptors (Lipinski definition) is 3. The minimum Gasteiger partial charge on any atom is -0.381 e. The first kappa shape index (κ1) is 14.4. The van der Waals surface area contributed by atoms with Gasteiger partial charge in [0.2, 0.25) is 5.91 Å². The quantitative estimate of drug-likeness (QED) is 0.563. The Balaban J connectivity index is 3.50. The lowest BCUT2D eigenvalue weighted by atomic mass is 10.0. The standard InChI is InChI=1S/C11H24N2O2/c1-3-10(5-7-12)9-13-11(14)6-8-15-4-2/h10H,3-9,12H2,1-2H3,(H,13,14). The van der Waals surface area contributed by atoms with Gasteiger partial charge in [0.15, 0.2) is 0 Å². The number of nitrogens with one attached hydrogen (secondary N) is 1. The molecule has 0 aliphatic carbocycles. The molecule has 1 atom stereocenters. The second-order valence-corrected chi connectivity index (χ2v) is 3.60. The summed E-state index contributed by atoms with van der Waals surface area (Å²) in [5.74, 6) is 0.574. The zero-order valence-corrected chi connectivity index (χ0v) is 9.92. The Hall–Kier alpha value is -0.610. The molecule has 0 aliphatic rings. The van der Waals surface area contributed by atoms with Crippen molar-refractivity contribution in [2.45, 2.75) is 33.1 Å². The Kier molecular flexibility index (Phi) is 9.52. The SMILES string of the molecule is CCOCCC(=O)NCC(CC)CCN. The topological polar surface area (TPSA) is 64.3 Å². The van der Waals surface area contributed by atoms with E-state index < -0.39 is 0 Å². The number of amides is 1. The van der Waals surface area contributed by atoms with E-state index in [1.165, 1.54) is 0 Å². The highest BCUT2D eigenvalue weighted by Gasteiger charge is 2.07. The minimum atomic E-state index is 0.0684. The van der Waals surface area contributed by atoms with E-state index in [0.29, 0.717) is 32.1 Å². The second kappa shape index (κ2) is 9.93. The maximum Gasteiger partial charge on any atom is 0.222 e. The lowest BCUT2D eigenvalue weighted by Gasteiger charge is -2.14. The van der Waals surface area contributed by atoms with Crippen molar-refractivity contribution in [2.75, 3.05) is 26.3 Å². The average Bonchev–Trinajstić information content (AvgIpc) is 2.24. The fraction of sp³-hybridized carbons (Fsp3) is 0.909. The molecule has 4 heteroatoms. The van der Waals surface area contributed by atoms with Crippen LogP contribution >= 0.6 is 0 Å². The number of rotatable bonds is 9. The van der Waals surface area contributed by atoms with Gasteiger partial charge in [-0.15, -0.1) is 0 Å². The highest BCUT2D eigenvalue weighted by Crippen LogP contribution is 2.04. The Morgan fingerprint density at radius 2 is 2.20 bits per heavy atom. The van der Waals surface area contributed by atoms with Crippen LogP contribution in [-0.2, 0) is 9.53 Å². The lowest BCUT2D eigenvalue weighted by Crippen LogP contribution is -2.30. The van der Waals surface area contributed by atoms with Crippen LogP contribution in [0.25, 0.3) is 0 Å². The molecule has 0 spiro atoms. The minimum absolute atomic E-state index is 0.0684. The lowest BCUT2D eigenvalue weighted by molar-refractivity contribution is -0.122. The normalized spacial score (nSPS) is 12.5. The summed E-state index contributed by atoms with van der Waals surface area (Å²) < 4.78 is 5.10. The van der Waals surface area contributed by atoms with Gasteiger partial charge in [-0.05, 0) is 25.8 Å². The van der Waals surface area contributed by atoms with Crippen molar-refractivity contribution in [3.8, 4) is 0 Å². The van der Waals surface area contributed by atoms with Crippen LogP contribution in [-0.4, -0.2) is 32.2 Å². The predicted octanol–water partition coefficient (Wildman–Crippen LogP) is 0.904. The molecular formula is C11H24N2O2. The van der Waals surface area contributed by atoms with Gasteiger partial charge < -0.3 is 15.8 Å². The van der Waals surface area contributed by atoms with Crippen molar-refractivity contribution in [2.24, 2.45) is 11.7 Å². The Morgan fingerprint density at radius 1 is 1.47 bits per heavy atom. The zero-order chi connectivity index (χ0) is 11.5. The highest BCUT2D eigenvalue weighted by molar-refractivity contribution is 5.75. The molecule has 1 amide bonds. The first-order valence-electron chi connectivity index (χ1n) is 5.79. The van der Waals surface area contributed by atoms with Crippen molar-refractivity contribution < 1.29 is 9.53 Å². The smallest absolute Gasteiger partial charge is 0.222 e. The van der Waals surface area contributed by atoms with E-state index in [1.54, 1.807) is 0 Å². The fourth-order valence-electron chi connectivity index (χ4n) is 1.34. The maximum atomic E-state index is 11.3. The highest BCUT2D eigenvalue weighted by atomic mass is 16.5. The van der Waals surface area contributed by atoms with E-state index in [2.05, 4.69) is 12.2 Å². The van der Waals surface area contributed by atoms with Crippen LogP contribution in [0.2, 0.25) is 0 Å². The number of carbonyl (C=O) groups excluding carboxylic acids is 1. The van der Waals surface area contributed by atoms with Gasteiger partial charge in [-0.3, -0.25) is 4.79 Å². The third-order valence-corrected chi connectivity index (χ3v) is 2.42. The van der Waals surface area contributed by atoms with Crippen molar-refractivity contribution in [1.82, 2.24) is 5.32 Å². The summed E-state index contributed by atoms with van der Waals surface area (Å²) in [6, 6.07) is 0. The molecule has 0 aromatic heterocycles. The summed E-state index contributed by atoms with van der Waals surface area (Å²) in [5.41, 5.74) is 5.48. The van der Waals surface area contributed by atoms with E-state index in [-0.39, 0.29) is 5.91 Å². The van der Waals surface area contributed by atoms with Gasteiger partial charge in [0, 0.05) is 19.6 Å². The van der Waals surface area contributed by atoms with Crippen molar-refractivity contribution in [1.29, 1.82) is 0 Å². The zero-order valence-electron chi connectivity index (χ0n) is 9.92. The molecule has 0 heterocycles. The molecule has 15 heavy (non-hydrogen) atoms.